The number of hydrogen-bond acceptors (Lipinski definition) is 3. The Morgan fingerprint density at radius 3 is 2.35 bits per heavy atom. The number of rotatable bonds is 8. The number of carboxylic acid groups (broad SMARTS) is 2. The summed E-state index contributed by atoms with van der Waals surface area (Å²) in [5.74, 6) is -2.11. The summed E-state index contributed by atoms with van der Waals surface area (Å²) in [5.41, 5.74) is 0.241. The summed E-state index contributed by atoms with van der Waals surface area (Å²) >= 11 is 0. The van der Waals surface area contributed by atoms with Gasteiger partial charge in [-0.2, -0.15) is 0 Å². The molecule has 0 bridgehead atoms. The lowest BCUT2D eigenvalue weighted by molar-refractivity contribution is -0.137. The van der Waals surface area contributed by atoms with Crippen LogP contribution in [0, 0.1) is 0 Å². The zero-order chi connectivity index (χ0) is 13.3. The molecule has 0 radical (unpaired) electrons. The highest BCUT2D eigenvalue weighted by molar-refractivity contribution is 5.85. The summed E-state index contributed by atoms with van der Waals surface area (Å²) in [7, 11) is 0. The Balaban J connectivity index is 3.61. The van der Waals surface area contributed by atoms with Crippen molar-refractivity contribution in [2.75, 3.05) is 6.54 Å². The van der Waals surface area contributed by atoms with E-state index in [1.165, 1.54) is 13.0 Å². The minimum Gasteiger partial charge on any atom is -0.481 e. The van der Waals surface area contributed by atoms with Crippen LogP contribution in [0.5, 0.6) is 0 Å². The van der Waals surface area contributed by atoms with Crippen LogP contribution in [0.2, 0.25) is 0 Å². The van der Waals surface area contributed by atoms with Crippen LogP contribution in [-0.2, 0) is 14.4 Å². The summed E-state index contributed by atoms with van der Waals surface area (Å²) in [4.78, 5) is 31.8. The molecule has 0 rings (SSSR count). The molecule has 96 valence electrons. The van der Waals surface area contributed by atoms with Gasteiger partial charge in [0.15, 0.2) is 0 Å². The maximum atomic E-state index is 11.2. The molecule has 0 atom stereocenters. The lowest BCUT2D eigenvalue weighted by Gasteiger charge is -2.02. The highest BCUT2D eigenvalue weighted by Crippen LogP contribution is 1.96. The van der Waals surface area contributed by atoms with E-state index in [-0.39, 0.29) is 24.3 Å². The minimum absolute atomic E-state index is 0.0224. The second kappa shape index (κ2) is 8.32. The van der Waals surface area contributed by atoms with Crippen LogP contribution >= 0.6 is 0 Å². The predicted molar refractivity (Wildman–Crippen MR) is 60.5 cm³/mol. The van der Waals surface area contributed by atoms with E-state index in [2.05, 4.69) is 5.32 Å². The summed E-state index contributed by atoms with van der Waals surface area (Å²) in [6.45, 7) is 1.84. The van der Waals surface area contributed by atoms with E-state index in [0.717, 1.165) is 0 Å². The van der Waals surface area contributed by atoms with Gasteiger partial charge in [-0.25, -0.2) is 4.79 Å². The fraction of sp³-hybridized carbons (Fsp3) is 0.545. The molecular formula is C11H17NO5. The average molecular weight is 243 g/mol. The SMILES string of the molecule is CC(=CCCNC(=O)CCCC(=O)O)C(=O)O. The molecule has 0 saturated carbocycles. The van der Waals surface area contributed by atoms with Crippen LogP contribution in [0.15, 0.2) is 11.6 Å². The topological polar surface area (TPSA) is 104 Å². The molecule has 3 N–H and O–H groups in total. The average Bonchev–Trinajstić information content (AvgIpc) is 2.23. The minimum atomic E-state index is -0.974. The standard InChI is InChI=1S/C11H17NO5/c1-8(11(16)17)4-3-7-12-9(13)5-2-6-10(14)15/h4H,2-3,5-7H2,1H3,(H,12,13)(H,14,15)(H,16,17). The molecule has 0 aliphatic heterocycles. The summed E-state index contributed by atoms with van der Waals surface area (Å²) in [6.07, 6.45) is 2.44. The van der Waals surface area contributed by atoms with Gasteiger partial charge in [-0.15, -0.1) is 0 Å². The van der Waals surface area contributed by atoms with Crippen LogP contribution in [0.4, 0.5) is 0 Å². The normalized spacial score (nSPS) is 11.0. The van der Waals surface area contributed by atoms with E-state index in [1.54, 1.807) is 0 Å². The zero-order valence-corrected chi connectivity index (χ0v) is 9.73. The van der Waals surface area contributed by atoms with Crippen molar-refractivity contribution in [2.45, 2.75) is 32.6 Å². The Bertz CT molecular complexity index is 322. The van der Waals surface area contributed by atoms with E-state index in [9.17, 15) is 14.4 Å². The van der Waals surface area contributed by atoms with Crippen molar-refractivity contribution in [3.8, 4) is 0 Å². The van der Waals surface area contributed by atoms with Gasteiger partial charge in [0, 0.05) is 25.0 Å². The van der Waals surface area contributed by atoms with Crippen molar-refractivity contribution in [3.63, 3.8) is 0 Å². The molecule has 0 aromatic carbocycles. The highest BCUT2D eigenvalue weighted by atomic mass is 16.4. The third kappa shape index (κ3) is 9.10. The molecule has 0 fully saturated rings. The van der Waals surface area contributed by atoms with Gasteiger partial charge in [-0.1, -0.05) is 6.08 Å². The summed E-state index contributed by atoms with van der Waals surface area (Å²) in [5, 5.41) is 19.5. The summed E-state index contributed by atoms with van der Waals surface area (Å²) < 4.78 is 0. The molecule has 0 saturated heterocycles. The quantitative estimate of drug-likeness (QED) is 0.431. The largest absolute Gasteiger partial charge is 0.481 e. The fourth-order valence-electron chi connectivity index (χ4n) is 1.08. The first-order valence-corrected chi connectivity index (χ1v) is 5.32. The molecule has 0 spiro atoms. The first-order valence-electron chi connectivity index (χ1n) is 5.32. The van der Waals surface area contributed by atoms with Gasteiger partial charge < -0.3 is 15.5 Å². The smallest absolute Gasteiger partial charge is 0.330 e. The number of carbonyl (C=O) groups is 3. The van der Waals surface area contributed by atoms with Gasteiger partial charge in [-0.05, 0) is 19.8 Å². The van der Waals surface area contributed by atoms with Crippen molar-refractivity contribution in [2.24, 2.45) is 0 Å². The van der Waals surface area contributed by atoms with E-state index < -0.39 is 11.9 Å². The van der Waals surface area contributed by atoms with E-state index in [0.29, 0.717) is 19.4 Å². The van der Waals surface area contributed by atoms with Crippen LogP contribution in [0.3, 0.4) is 0 Å². The second-order valence-corrected chi connectivity index (χ2v) is 3.58. The van der Waals surface area contributed by atoms with Crippen molar-refractivity contribution >= 4 is 17.8 Å². The first-order chi connectivity index (χ1) is 7.93. The number of nitrogens with one attached hydrogen (secondary N) is 1. The van der Waals surface area contributed by atoms with Crippen molar-refractivity contribution < 1.29 is 24.6 Å². The molecule has 1 amide bonds. The van der Waals surface area contributed by atoms with Gasteiger partial charge in [0.25, 0.3) is 0 Å². The fourth-order valence-corrected chi connectivity index (χ4v) is 1.08. The number of aliphatic carboxylic acids is 2. The number of hydrogen-bond donors (Lipinski definition) is 3. The lowest BCUT2D eigenvalue weighted by Crippen LogP contribution is -2.24. The van der Waals surface area contributed by atoms with Gasteiger partial charge >= 0.3 is 11.9 Å². The Labute approximate surface area is 99.3 Å². The zero-order valence-electron chi connectivity index (χ0n) is 9.73. The van der Waals surface area contributed by atoms with Crippen LogP contribution in [0.25, 0.3) is 0 Å². The Morgan fingerprint density at radius 1 is 1.18 bits per heavy atom. The van der Waals surface area contributed by atoms with E-state index in [1.807, 2.05) is 0 Å². The van der Waals surface area contributed by atoms with Gasteiger partial charge in [0.2, 0.25) is 5.91 Å². The monoisotopic (exact) mass is 243 g/mol. The number of carbonyl (C=O) groups excluding carboxylic acids is 1. The molecular weight excluding hydrogens is 226 g/mol. The highest BCUT2D eigenvalue weighted by Gasteiger charge is 2.03. The van der Waals surface area contributed by atoms with Crippen LogP contribution in [-0.4, -0.2) is 34.6 Å². The number of carboxylic acids is 2. The van der Waals surface area contributed by atoms with Crippen LogP contribution in [0.1, 0.15) is 32.6 Å². The van der Waals surface area contributed by atoms with E-state index in [4.69, 9.17) is 10.2 Å². The van der Waals surface area contributed by atoms with Gasteiger partial charge in [0.1, 0.15) is 0 Å². The van der Waals surface area contributed by atoms with Crippen molar-refractivity contribution in [1.29, 1.82) is 0 Å². The maximum absolute atomic E-state index is 11.2. The molecule has 0 aromatic heterocycles. The molecule has 0 aliphatic carbocycles. The Hall–Kier alpha value is -1.85. The predicted octanol–water partition coefficient (Wildman–Crippen LogP) is 0.778. The molecule has 6 heteroatoms. The first kappa shape index (κ1) is 15.2. The van der Waals surface area contributed by atoms with E-state index >= 15 is 0 Å². The van der Waals surface area contributed by atoms with Crippen molar-refractivity contribution in [3.05, 3.63) is 11.6 Å². The molecule has 17 heavy (non-hydrogen) atoms. The van der Waals surface area contributed by atoms with Gasteiger partial charge in [0.05, 0.1) is 0 Å². The Morgan fingerprint density at radius 2 is 1.82 bits per heavy atom. The maximum Gasteiger partial charge on any atom is 0.330 e. The summed E-state index contributed by atoms with van der Waals surface area (Å²) in [6, 6.07) is 0. The number of amides is 1. The molecule has 0 heterocycles. The van der Waals surface area contributed by atoms with Crippen molar-refractivity contribution in [1.82, 2.24) is 5.32 Å². The second-order valence-electron chi connectivity index (χ2n) is 3.58. The molecule has 6 nitrogen and oxygen atoms in total. The lowest BCUT2D eigenvalue weighted by atomic mass is 10.2. The molecule has 0 unspecified atom stereocenters. The molecule has 0 aromatic rings. The third-order valence-corrected chi connectivity index (χ3v) is 2.05. The molecule has 0 aliphatic rings. The Kier molecular flexibility index (Phi) is 7.41. The third-order valence-electron chi connectivity index (χ3n) is 2.05. The van der Waals surface area contributed by atoms with Gasteiger partial charge in [-0.3, -0.25) is 9.59 Å². The van der Waals surface area contributed by atoms with Crippen LogP contribution < -0.4 is 5.32 Å².